The van der Waals surface area contributed by atoms with Gasteiger partial charge < -0.3 is 15.0 Å². The van der Waals surface area contributed by atoms with Crippen molar-refractivity contribution in [3.63, 3.8) is 0 Å². The summed E-state index contributed by atoms with van der Waals surface area (Å²) in [6, 6.07) is 7.40. The van der Waals surface area contributed by atoms with E-state index in [1.807, 2.05) is 30.5 Å². The number of rotatable bonds is 4. The summed E-state index contributed by atoms with van der Waals surface area (Å²) in [7, 11) is 0. The van der Waals surface area contributed by atoms with E-state index in [0.717, 1.165) is 43.4 Å². The maximum atomic E-state index is 12.3. The van der Waals surface area contributed by atoms with Crippen LogP contribution in [0, 0.1) is 6.92 Å². The van der Waals surface area contributed by atoms with Gasteiger partial charge in [-0.1, -0.05) is 11.6 Å². The molecular weight excluding hydrogens is 372 g/mol. The van der Waals surface area contributed by atoms with E-state index < -0.39 is 0 Å². The van der Waals surface area contributed by atoms with Gasteiger partial charge in [-0.25, -0.2) is 4.98 Å². The first-order valence-electron chi connectivity index (χ1n) is 8.45. The molecule has 1 aliphatic heterocycles. The molecule has 2 aromatic heterocycles. The molecule has 0 unspecified atom stereocenters. The molecule has 1 N–H and O–H groups in total. The number of thiazole rings is 1. The third kappa shape index (κ3) is 3.42. The zero-order valence-electron chi connectivity index (χ0n) is 14.4. The number of benzene rings is 1. The molecule has 3 aromatic rings. The fourth-order valence-electron chi connectivity index (χ4n) is 3.11. The van der Waals surface area contributed by atoms with Gasteiger partial charge in [0, 0.05) is 35.3 Å². The quantitative estimate of drug-likeness (QED) is 0.741. The number of ether oxygens (including phenoxy) is 1. The summed E-state index contributed by atoms with van der Waals surface area (Å²) >= 11 is 7.67. The van der Waals surface area contributed by atoms with Crippen molar-refractivity contribution < 1.29 is 4.74 Å². The number of nitrogens with one attached hydrogen (secondary N) is 1. The summed E-state index contributed by atoms with van der Waals surface area (Å²) in [5.41, 5.74) is 3.59. The number of morpholine rings is 1. The van der Waals surface area contributed by atoms with Gasteiger partial charge in [0.05, 0.1) is 36.8 Å². The molecule has 26 heavy (non-hydrogen) atoms. The van der Waals surface area contributed by atoms with Gasteiger partial charge in [0.2, 0.25) is 0 Å². The maximum Gasteiger partial charge on any atom is 0.259 e. The van der Waals surface area contributed by atoms with Gasteiger partial charge in [0.1, 0.15) is 0 Å². The average molecular weight is 391 g/mol. The molecule has 0 radical (unpaired) electrons. The normalized spacial score (nSPS) is 14.8. The molecule has 1 aliphatic rings. The van der Waals surface area contributed by atoms with Crippen molar-refractivity contribution in [2.45, 2.75) is 13.5 Å². The third-order valence-corrected chi connectivity index (χ3v) is 5.58. The van der Waals surface area contributed by atoms with E-state index in [0.29, 0.717) is 22.2 Å². The third-order valence-electron chi connectivity index (χ3n) is 4.40. The Bertz CT molecular complexity index is 995. The van der Waals surface area contributed by atoms with Gasteiger partial charge in [-0.2, -0.15) is 0 Å². The predicted molar refractivity (Wildman–Crippen MR) is 106 cm³/mol. The van der Waals surface area contributed by atoms with Gasteiger partial charge in [-0.3, -0.25) is 9.20 Å². The Hall–Kier alpha value is -2.09. The number of halogens is 1. The molecule has 0 aliphatic carbocycles. The number of hydrogen-bond acceptors (Lipinski definition) is 6. The fourth-order valence-corrected chi connectivity index (χ4v) is 4.17. The average Bonchev–Trinajstić information content (AvgIpc) is 3.02. The molecule has 4 rings (SSSR count). The minimum atomic E-state index is -0.0509. The van der Waals surface area contributed by atoms with Crippen molar-refractivity contribution in [1.82, 2.24) is 9.38 Å². The molecule has 3 heterocycles. The Balaban J connectivity index is 1.59. The van der Waals surface area contributed by atoms with Crippen molar-refractivity contribution >= 4 is 39.3 Å². The van der Waals surface area contributed by atoms with E-state index in [-0.39, 0.29) is 5.56 Å². The molecule has 0 bridgehead atoms. The summed E-state index contributed by atoms with van der Waals surface area (Å²) in [5, 5.41) is 6.00. The van der Waals surface area contributed by atoms with Crippen LogP contribution >= 0.6 is 22.9 Å². The first kappa shape index (κ1) is 17.3. The van der Waals surface area contributed by atoms with Crippen LogP contribution in [0.5, 0.6) is 0 Å². The van der Waals surface area contributed by atoms with Crippen LogP contribution in [0.2, 0.25) is 5.02 Å². The molecule has 8 heteroatoms. The fraction of sp³-hybridized carbons (Fsp3) is 0.333. The van der Waals surface area contributed by atoms with Crippen molar-refractivity contribution in [3.8, 4) is 0 Å². The van der Waals surface area contributed by atoms with Gasteiger partial charge in [0.25, 0.3) is 5.56 Å². The van der Waals surface area contributed by atoms with Crippen molar-refractivity contribution in [3.05, 3.63) is 56.4 Å². The second kappa shape index (κ2) is 7.26. The summed E-state index contributed by atoms with van der Waals surface area (Å²) in [6.45, 7) is 5.49. The van der Waals surface area contributed by atoms with Crippen LogP contribution in [-0.2, 0) is 11.3 Å². The second-order valence-electron chi connectivity index (χ2n) is 6.20. The molecule has 136 valence electrons. The summed E-state index contributed by atoms with van der Waals surface area (Å²) in [5.74, 6) is 0. The van der Waals surface area contributed by atoms with Gasteiger partial charge in [-0.05, 0) is 25.1 Å². The van der Waals surface area contributed by atoms with E-state index in [2.05, 4.69) is 15.2 Å². The van der Waals surface area contributed by atoms with Gasteiger partial charge in [-0.15, -0.1) is 11.3 Å². The van der Waals surface area contributed by atoms with E-state index in [1.54, 1.807) is 10.5 Å². The van der Waals surface area contributed by atoms with E-state index >= 15 is 0 Å². The van der Waals surface area contributed by atoms with Crippen LogP contribution in [0.15, 0.2) is 34.4 Å². The summed E-state index contributed by atoms with van der Waals surface area (Å²) < 4.78 is 7.07. The Morgan fingerprint density at radius 2 is 2.12 bits per heavy atom. The molecule has 6 nitrogen and oxygen atoms in total. The smallest absolute Gasteiger partial charge is 0.259 e. The highest BCUT2D eigenvalue weighted by atomic mass is 35.5. The van der Waals surface area contributed by atoms with Crippen LogP contribution in [0.3, 0.4) is 0 Å². The molecule has 1 aromatic carbocycles. The van der Waals surface area contributed by atoms with Crippen LogP contribution < -0.4 is 15.8 Å². The number of nitrogens with zero attached hydrogens (tertiary/aromatic N) is 3. The lowest BCUT2D eigenvalue weighted by atomic mass is 10.2. The van der Waals surface area contributed by atoms with Crippen LogP contribution in [0.1, 0.15) is 11.4 Å². The van der Waals surface area contributed by atoms with E-state index in [9.17, 15) is 4.79 Å². The second-order valence-corrected chi connectivity index (χ2v) is 7.47. The van der Waals surface area contributed by atoms with Crippen LogP contribution in [-0.4, -0.2) is 35.7 Å². The predicted octanol–water partition coefficient (Wildman–Crippen LogP) is 3.17. The SMILES string of the molecule is Cc1csc2nc(CNc3cc(Cl)ccc3N3CCOCC3)cc(=O)n12. The highest BCUT2D eigenvalue weighted by Gasteiger charge is 2.15. The molecule has 0 saturated carbocycles. The maximum absolute atomic E-state index is 12.3. The molecular formula is C18H19ClN4O2S. The minimum absolute atomic E-state index is 0.0509. The molecule has 0 atom stereocenters. The Morgan fingerprint density at radius 1 is 1.31 bits per heavy atom. The van der Waals surface area contributed by atoms with Crippen molar-refractivity contribution in [2.24, 2.45) is 0 Å². The molecule has 0 amide bonds. The molecule has 0 spiro atoms. The Kier molecular flexibility index (Phi) is 4.84. The number of anilines is 2. The summed E-state index contributed by atoms with van der Waals surface area (Å²) in [4.78, 5) is 19.9. The number of hydrogen-bond donors (Lipinski definition) is 1. The standard InChI is InChI=1S/C18H19ClN4O2S/c1-12-11-26-18-21-14(9-17(24)23(12)18)10-20-15-8-13(19)2-3-16(15)22-4-6-25-7-5-22/h2-3,8-9,11,20H,4-7,10H2,1H3. The summed E-state index contributed by atoms with van der Waals surface area (Å²) in [6.07, 6.45) is 0. The monoisotopic (exact) mass is 390 g/mol. The van der Waals surface area contributed by atoms with Crippen molar-refractivity contribution in [2.75, 3.05) is 36.5 Å². The molecule has 1 saturated heterocycles. The first-order chi connectivity index (χ1) is 12.6. The zero-order valence-corrected chi connectivity index (χ0v) is 15.9. The number of fused-ring (bicyclic) bond motifs is 1. The van der Waals surface area contributed by atoms with Crippen LogP contribution in [0.25, 0.3) is 4.96 Å². The minimum Gasteiger partial charge on any atom is -0.378 e. The lowest BCUT2D eigenvalue weighted by molar-refractivity contribution is 0.123. The largest absolute Gasteiger partial charge is 0.378 e. The Labute approximate surface area is 160 Å². The van der Waals surface area contributed by atoms with Gasteiger partial charge >= 0.3 is 0 Å². The lowest BCUT2D eigenvalue weighted by Crippen LogP contribution is -2.36. The number of aromatic nitrogens is 2. The highest BCUT2D eigenvalue weighted by Crippen LogP contribution is 2.30. The van der Waals surface area contributed by atoms with Crippen LogP contribution in [0.4, 0.5) is 11.4 Å². The highest BCUT2D eigenvalue weighted by molar-refractivity contribution is 7.15. The zero-order chi connectivity index (χ0) is 18.1. The van der Waals surface area contributed by atoms with E-state index in [1.165, 1.54) is 11.3 Å². The first-order valence-corrected chi connectivity index (χ1v) is 9.70. The van der Waals surface area contributed by atoms with Gasteiger partial charge in [0.15, 0.2) is 4.96 Å². The Morgan fingerprint density at radius 3 is 2.92 bits per heavy atom. The molecule has 1 fully saturated rings. The number of aryl methyl sites for hydroxylation is 1. The topological polar surface area (TPSA) is 58.9 Å². The lowest BCUT2D eigenvalue weighted by Gasteiger charge is -2.30. The van der Waals surface area contributed by atoms with Crippen molar-refractivity contribution in [1.29, 1.82) is 0 Å². The van der Waals surface area contributed by atoms with E-state index in [4.69, 9.17) is 16.3 Å².